The zero-order valence-electron chi connectivity index (χ0n) is 13.1. The lowest BCUT2D eigenvalue weighted by Crippen LogP contribution is -2.22. The minimum absolute atomic E-state index is 0.182. The first-order chi connectivity index (χ1) is 10.7. The van der Waals surface area contributed by atoms with Gasteiger partial charge in [-0.15, -0.1) is 0 Å². The largest absolute Gasteiger partial charge is 0.496 e. The van der Waals surface area contributed by atoms with E-state index in [0.29, 0.717) is 0 Å². The second-order valence-corrected chi connectivity index (χ2v) is 6.58. The Morgan fingerprint density at radius 3 is 2.73 bits per heavy atom. The lowest BCUT2D eigenvalue weighted by Gasteiger charge is -2.28. The molecule has 2 aromatic carbocycles. The van der Waals surface area contributed by atoms with E-state index < -0.39 is 0 Å². The molecule has 0 radical (unpaired) electrons. The van der Waals surface area contributed by atoms with Crippen LogP contribution in [0.25, 0.3) is 0 Å². The summed E-state index contributed by atoms with van der Waals surface area (Å²) in [5, 5.41) is 0. The number of ether oxygens (including phenoxy) is 1. The van der Waals surface area contributed by atoms with Gasteiger partial charge in [-0.2, -0.15) is 0 Å². The third-order valence-corrected chi connectivity index (χ3v) is 5.14. The molecule has 0 spiro atoms. The van der Waals surface area contributed by atoms with Crippen molar-refractivity contribution in [2.24, 2.45) is 5.92 Å². The molecule has 0 aromatic heterocycles. The second-order valence-electron chi connectivity index (χ2n) is 6.58. The first kappa shape index (κ1) is 13.6. The Kier molecular flexibility index (Phi) is 3.07. The molecule has 112 valence electrons. The van der Waals surface area contributed by atoms with Gasteiger partial charge in [-0.25, -0.2) is 0 Å². The zero-order chi connectivity index (χ0) is 15.3. The van der Waals surface area contributed by atoms with E-state index in [1.807, 2.05) is 18.2 Å². The number of ketones is 1. The molecule has 0 saturated heterocycles. The number of rotatable bonds is 1. The lowest BCUT2D eigenvalue weighted by atomic mass is 9.75. The van der Waals surface area contributed by atoms with E-state index in [1.165, 1.54) is 17.5 Å². The molecule has 1 atom stereocenters. The van der Waals surface area contributed by atoms with E-state index in [9.17, 15) is 4.79 Å². The summed E-state index contributed by atoms with van der Waals surface area (Å²) in [4.78, 5) is 13.1. The molecule has 2 aromatic rings. The quantitative estimate of drug-likeness (QED) is 0.678. The number of fused-ring (bicyclic) bond motifs is 4. The molecule has 0 fully saturated rings. The summed E-state index contributed by atoms with van der Waals surface area (Å²) in [7, 11) is 1.67. The van der Waals surface area contributed by atoms with Crippen molar-refractivity contribution in [1.82, 2.24) is 0 Å². The zero-order valence-corrected chi connectivity index (χ0v) is 13.1. The third kappa shape index (κ3) is 1.90. The van der Waals surface area contributed by atoms with Crippen molar-refractivity contribution in [3.8, 4) is 5.75 Å². The van der Waals surface area contributed by atoms with Gasteiger partial charge in [-0.3, -0.25) is 4.79 Å². The van der Waals surface area contributed by atoms with Crippen molar-refractivity contribution >= 4 is 5.78 Å². The minimum Gasteiger partial charge on any atom is -0.496 e. The highest BCUT2D eigenvalue weighted by Crippen LogP contribution is 2.38. The Bertz CT molecular complexity index is 774. The van der Waals surface area contributed by atoms with E-state index in [-0.39, 0.29) is 5.78 Å². The maximum Gasteiger partial charge on any atom is 0.194 e. The SMILES string of the molecule is COc1cccc2c1Cc1ccc3c(c1C2=O)CCC(C)C3. The van der Waals surface area contributed by atoms with Crippen LogP contribution in [0.3, 0.4) is 0 Å². The highest BCUT2D eigenvalue weighted by atomic mass is 16.5. The molecule has 0 bridgehead atoms. The number of carbonyl (C=O) groups is 1. The van der Waals surface area contributed by atoms with Gasteiger partial charge in [0, 0.05) is 23.1 Å². The van der Waals surface area contributed by atoms with E-state index in [1.54, 1.807) is 7.11 Å². The van der Waals surface area contributed by atoms with Gasteiger partial charge in [0.15, 0.2) is 5.78 Å². The van der Waals surface area contributed by atoms with E-state index >= 15 is 0 Å². The summed E-state index contributed by atoms with van der Waals surface area (Å²) in [5.74, 6) is 1.72. The maximum absolute atomic E-state index is 13.1. The van der Waals surface area contributed by atoms with Gasteiger partial charge in [0.05, 0.1) is 7.11 Å². The van der Waals surface area contributed by atoms with Crippen molar-refractivity contribution in [1.29, 1.82) is 0 Å². The highest BCUT2D eigenvalue weighted by Gasteiger charge is 2.30. The van der Waals surface area contributed by atoms with E-state index in [4.69, 9.17) is 4.74 Å². The van der Waals surface area contributed by atoms with Crippen molar-refractivity contribution in [3.05, 3.63) is 63.7 Å². The number of carbonyl (C=O) groups excluding carboxylic acids is 1. The van der Waals surface area contributed by atoms with Crippen molar-refractivity contribution < 1.29 is 9.53 Å². The van der Waals surface area contributed by atoms with Gasteiger partial charge < -0.3 is 4.74 Å². The van der Waals surface area contributed by atoms with Crippen molar-refractivity contribution in [2.45, 2.75) is 32.6 Å². The van der Waals surface area contributed by atoms with Gasteiger partial charge in [0.2, 0.25) is 0 Å². The average Bonchev–Trinajstić information content (AvgIpc) is 2.54. The van der Waals surface area contributed by atoms with Crippen LogP contribution in [0.2, 0.25) is 0 Å². The summed E-state index contributed by atoms with van der Waals surface area (Å²) in [6.45, 7) is 2.30. The molecule has 0 amide bonds. The molecule has 0 N–H and O–H groups in total. The first-order valence-electron chi connectivity index (χ1n) is 8.03. The van der Waals surface area contributed by atoms with Gasteiger partial charge in [-0.05, 0) is 47.9 Å². The molecule has 0 saturated carbocycles. The Balaban J connectivity index is 1.89. The molecular formula is C20H20O2. The number of hydrogen-bond donors (Lipinski definition) is 0. The van der Waals surface area contributed by atoms with E-state index in [2.05, 4.69) is 19.1 Å². The Morgan fingerprint density at radius 1 is 1.09 bits per heavy atom. The summed E-state index contributed by atoms with van der Waals surface area (Å²) >= 11 is 0. The lowest BCUT2D eigenvalue weighted by molar-refractivity contribution is 0.103. The fourth-order valence-corrected chi connectivity index (χ4v) is 3.99. The van der Waals surface area contributed by atoms with E-state index in [0.717, 1.165) is 53.2 Å². The number of hydrogen-bond acceptors (Lipinski definition) is 2. The fourth-order valence-electron chi connectivity index (χ4n) is 3.99. The topological polar surface area (TPSA) is 26.3 Å². The predicted molar refractivity (Wildman–Crippen MR) is 86.9 cm³/mol. The molecule has 2 aliphatic rings. The standard InChI is InChI=1S/C20H20O2/c1-12-6-9-15-13(10-12)7-8-14-11-17-16(20(21)19(14)15)4-3-5-18(17)22-2/h3-5,7-8,12H,6,9-11H2,1-2H3. The van der Waals surface area contributed by atoms with Crippen LogP contribution in [-0.2, 0) is 19.3 Å². The summed E-state index contributed by atoms with van der Waals surface area (Å²) < 4.78 is 5.45. The average molecular weight is 292 g/mol. The summed E-state index contributed by atoms with van der Waals surface area (Å²) in [5.41, 5.74) is 6.66. The third-order valence-electron chi connectivity index (χ3n) is 5.14. The summed E-state index contributed by atoms with van der Waals surface area (Å²) in [6.07, 6.45) is 4.11. The van der Waals surface area contributed by atoms with Crippen LogP contribution in [0.15, 0.2) is 30.3 Å². The molecule has 1 unspecified atom stereocenters. The van der Waals surface area contributed by atoms with Crippen LogP contribution in [0, 0.1) is 5.92 Å². The normalized spacial score (nSPS) is 19.2. The van der Waals surface area contributed by atoms with Gasteiger partial charge in [0.25, 0.3) is 0 Å². The number of methoxy groups -OCH3 is 1. The second kappa shape index (κ2) is 4.98. The summed E-state index contributed by atoms with van der Waals surface area (Å²) in [6, 6.07) is 10.2. The van der Waals surface area contributed by atoms with Crippen molar-refractivity contribution in [3.63, 3.8) is 0 Å². The smallest absolute Gasteiger partial charge is 0.194 e. The van der Waals surface area contributed by atoms with Crippen LogP contribution in [0.1, 0.15) is 51.5 Å². The fraction of sp³-hybridized carbons (Fsp3) is 0.350. The maximum atomic E-state index is 13.1. The van der Waals surface area contributed by atoms with Gasteiger partial charge in [-0.1, -0.05) is 31.2 Å². The molecule has 2 aliphatic carbocycles. The number of benzene rings is 2. The first-order valence-corrected chi connectivity index (χ1v) is 8.03. The van der Waals surface area contributed by atoms with Crippen LogP contribution in [-0.4, -0.2) is 12.9 Å². The van der Waals surface area contributed by atoms with Crippen LogP contribution >= 0.6 is 0 Å². The molecule has 4 rings (SSSR count). The molecule has 2 nitrogen and oxygen atoms in total. The van der Waals surface area contributed by atoms with Crippen LogP contribution < -0.4 is 4.74 Å². The molecule has 22 heavy (non-hydrogen) atoms. The predicted octanol–water partition coefficient (Wildman–Crippen LogP) is 3.96. The molecule has 2 heteroatoms. The van der Waals surface area contributed by atoms with Gasteiger partial charge >= 0.3 is 0 Å². The monoisotopic (exact) mass is 292 g/mol. The molecule has 0 aliphatic heterocycles. The Labute approximate surface area is 131 Å². The van der Waals surface area contributed by atoms with Crippen molar-refractivity contribution in [2.75, 3.05) is 7.11 Å². The minimum atomic E-state index is 0.182. The Hall–Kier alpha value is -2.09. The van der Waals surface area contributed by atoms with Crippen LogP contribution in [0.4, 0.5) is 0 Å². The van der Waals surface area contributed by atoms with Gasteiger partial charge in [0.1, 0.15) is 5.75 Å². The Morgan fingerprint density at radius 2 is 1.91 bits per heavy atom. The van der Waals surface area contributed by atoms with Crippen LogP contribution in [0.5, 0.6) is 5.75 Å². The molecule has 0 heterocycles. The molecular weight excluding hydrogens is 272 g/mol. The highest BCUT2D eigenvalue weighted by molar-refractivity contribution is 6.13.